The maximum absolute atomic E-state index is 13.4. The molecular weight excluding hydrogens is 475 g/mol. The van der Waals surface area contributed by atoms with Crippen molar-refractivity contribution in [1.29, 1.82) is 0 Å². The Bertz CT molecular complexity index is 1020. The third kappa shape index (κ3) is 7.61. The summed E-state index contributed by atoms with van der Waals surface area (Å²) >= 11 is 0. The first-order valence-electron chi connectivity index (χ1n) is 11.9. The monoisotopic (exact) mass is 507 g/mol. The Balaban J connectivity index is 1.77. The van der Waals surface area contributed by atoms with Crippen LogP contribution in [0.4, 0.5) is 18.9 Å². The second-order valence-electron chi connectivity index (χ2n) is 9.01. The van der Waals surface area contributed by atoms with E-state index in [1.54, 1.807) is 12.1 Å². The zero-order chi connectivity index (χ0) is 26.3. The van der Waals surface area contributed by atoms with Gasteiger partial charge in [0.2, 0.25) is 5.91 Å². The molecule has 0 bridgehead atoms. The first-order chi connectivity index (χ1) is 17.1. The Kier molecular flexibility index (Phi) is 9.19. The minimum absolute atomic E-state index is 0.156. The van der Waals surface area contributed by atoms with Crippen LogP contribution in [0.15, 0.2) is 48.5 Å². The maximum Gasteiger partial charge on any atom is 0.573 e. The number of rotatable bonds is 9. The van der Waals surface area contributed by atoms with Gasteiger partial charge in [-0.2, -0.15) is 0 Å². The van der Waals surface area contributed by atoms with Crippen LogP contribution in [0.5, 0.6) is 11.5 Å². The molecule has 1 heterocycles. The van der Waals surface area contributed by atoms with Gasteiger partial charge in [0.25, 0.3) is 5.91 Å². The number of amides is 2. The molecular formula is C26H32F3N3O4. The molecule has 1 aliphatic heterocycles. The van der Waals surface area contributed by atoms with Crippen LogP contribution < -0.4 is 19.7 Å². The zero-order valence-electron chi connectivity index (χ0n) is 20.7. The molecule has 0 unspecified atom stereocenters. The number of anilines is 1. The van der Waals surface area contributed by atoms with Crippen molar-refractivity contribution in [3.05, 3.63) is 54.1 Å². The fourth-order valence-corrected chi connectivity index (χ4v) is 4.18. The van der Waals surface area contributed by atoms with E-state index in [1.165, 1.54) is 37.4 Å². The Morgan fingerprint density at radius 2 is 1.72 bits per heavy atom. The van der Waals surface area contributed by atoms with Crippen LogP contribution in [0.2, 0.25) is 0 Å². The highest BCUT2D eigenvalue weighted by Crippen LogP contribution is 2.33. The van der Waals surface area contributed by atoms with Crippen molar-refractivity contribution in [1.82, 2.24) is 10.2 Å². The van der Waals surface area contributed by atoms with Gasteiger partial charge in [-0.1, -0.05) is 12.1 Å². The fraction of sp³-hybridized carbons (Fsp3) is 0.462. The van der Waals surface area contributed by atoms with Crippen LogP contribution in [0.1, 0.15) is 37.0 Å². The average molecular weight is 508 g/mol. The average Bonchev–Trinajstić information content (AvgIpc) is 2.85. The van der Waals surface area contributed by atoms with E-state index in [1.807, 2.05) is 0 Å². The number of nitrogens with zero attached hydrogens (tertiary/aromatic N) is 2. The number of halogens is 3. The van der Waals surface area contributed by atoms with Gasteiger partial charge in [0, 0.05) is 18.2 Å². The van der Waals surface area contributed by atoms with Gasteiger partial charge in [-0.05, 0) is 82.1 Å². The molecule has 2 amide bonds. The highest BCUT2D eigenvalue weighted by Gasteiger charge is 2.34. The lowest BCUT2D eigenvalue weighted by Crippen LogP contribution is -2.44. The number of para-hydroxylation sites is 2. The van der Waals surface area contributed by atoms with Crippen molar-refractivity contribution in [3.63, 3.8) is 0 Å². The van der Waals surface area contributed by atoms with Crippen LogP contribution in [-0.4, -0.2) is 62.4 Å². The molecule has 1 N–H and O–H groups in total. The van der Waals surface area contributed by atoms with E-state index >= 15 is 0 Å². The van der Waals surface area contributed by atoms with Crippen molar-refractivity contribution < 1.29 is 32.2 Å². The van der Waals surface area contributed by atoms with Crippen LogP contribution in [0, 0.1) is 5.92 Å². The van der Waals surface area contributed by atoms with Gasteiger partial charge in [-0.3, -0.25) is 14.5 Å². The summed E-state index contributed by atoms with van der Waals surface area (Å²) in [4.78, 5) is 29.6. The third-order valence-electron chi connectivity index (χ3n) is 6.23. The number of carbonyl (C=O) groups excluding carboxylic acids is 2. The molecule has 2 aromatic carbocycles. The molecule has 36 heavy (non-hydrogen) atoms. The number of benzene rings is 2. The second-order valence-corrected chi connectivity index (χ2v) is 9.01. The lowest BCUT2D eigenvalue weighted by molar-refractivity contribution is -0.274. The van der Waals surface area contributed by atoms with Crippen LogP contribution in [0.25, 0.3) is 0 Å². The first-order valence-corrected chi connectivity index (χ1v) is 11.9. The Labute approximate surface area is 209 Å². The highest BCUT2D eigenvalue weighted by atomic mass is 19.4. The number of likely N-dealkylation sites (tertiary alicyclic amines) is 1. The predicted octanol–water partition coefficient (Wildman–Crippen LogP) is 4.48. The van der Waals surface area contributed by atoms with Crippen LogP contribution in [0.3, 0.4) is 0 Å². The Morgan fingerprint density at radius 1 is 1.08 bits per heavy atom. The number of carbonyl (C=O) groups is 2. The van der Waals surface area contributed by atoms with Crippen molar-refractivity contribution >= 4 is 17.5 Å². The summed E-state index contributed by atoms with van der Waals surface area (Å²) in [5, 5.41) is 2.85. The van der Waals surface area contributed by atoms with E-state index in [-0.39, 0.29) is 11.3 Å². The van der Waals surface area contributed by atoms with E-state index in [0.717, 1.165) is 36.9 Å². The third-order valence-corrected chi connectivity index (χ3v) is 6.23. The van der Waals surface area contributed by atoms with E-state index in [2.05, 4.69) is 28.8 Å². The molecule has 3 rings (SSSR count). The molecule has 1 saturated heterocycles. The minimum Gasteiger partial charge on any atom is -0.497 e. The smallest absolute Gasteiger partial charge is 0.497 e. The number of methoxy groups -OCH3 is 1. The van der Waals surface area contributed by atoms with Crippen LogP contribution in [-0.2, 0) is 4.79 Å². The number of ether oxygens (including phenoxy) is 2. The summed E-state index contributed by atoms with van der Waals surface area (Å²) in [7, 11) is 1.48. The van der Waals surface area contributed by atoms with Gasteiger partial charge < -0.3 is 19.7 Å². The zero-order valence-corrected chi connectivity index (χ0v) is 20.7. The summed E-state index contributed by atoms with van der Waals surface area (Å²) in [5.74, 6) is -0.863. The molecule has 196 valence electrons. The van der Waals surface area contributed by atoms with Gasteiger partial charge >= 0.3 is 6.36 Å². The minimum atomic E-state index is -4.96. The predicted molar refractivity (Wildman–Crippen MR) is 130 cm³/mol. The van der Waals surface area contributed by atoms with Crippen molar-refractivity contribution in [2.24, 2.45) is 5.92 Å². The topological polar surface area (TPSA) is 71.1 Å². The summed E-state index contributed by atoms with van der Waals surface area (Å²) in [6.45, 7) is 6.17. The molecule has 0 aromatic heterocycles. The Hall–Kier alpha value is -3.27. The molecule has 0 spiro atoms. The normalized spacial score (nSPS) is 15.0. The standard InChI is InChI=1S/C26H32F3N3O4/c1-18(2)31-14-12-19(13-15-31)16-30-24(33)17-32(25(34)20-8-10-21(35-3)11-9-20)22-6-4-5-7-23(22)36-26(27,28)29/h4-11,18-19H,12-17H2,1-3H3,(H,30,33). The molecule has 0 radical (unpaired) electrons. The number of alkyl halides is 3. The quantitative estimate of drug-likeness (QED) is 0.542. The molecule has 7 nitrogen and oxygen atoms in total. The summed E-state index contributed by atoms with van der Waals surface area (Å²) in [6, 6.07) is 11.8. The Morgan fingerprint density at radius 3 is 2.31 bits per heavy atom. The van der Waals surface area contributed by atoms with E-state index in [4.69, 9.17) is 4.74 Å². The molecule has 0 atom stereocenters. The number of hydrogen-bond donors (Lipinski definition) is 1. The first kappa shape index (κ1) is 27.3. The number of piperidine rings is 1. The molecule has 0 saturated carbocycles. The van der Waals surface area contributed by atoms with Gasteiger partial charge in [-0.25, -0.2) is 0 Å². The summed E-state index contributed by atoms with van der Waals surface area (Å²) in [5.41, 5.74) is 0.0301. The second kappa shape index (κ2) is 12.1. The van der Waals surface area contributed by atoms with E-state index in [0.29, 0.717) is 24.3 Å². The molecule has 2 aromatic rings. The molecule has 10 heteroatoms. The SMILES string of the molecule is COc1ccc(C(=O)N(CC(=O)NCC2CCN(C(C)C)CC2)c2ccccc2OC(F)(F)F)cc1. The van der Waals surface area contributed by atoms with E-state index < -0.39 is 30.5 Å². The van der Waals surface area contributed by atoms with Crippen molar-refractivity contribution in [2.45, 2.75) is 39.1 Å². The maximum atomic E-state index is 13.4. The number of nitrogens with one attached hydrogen (secondary N) is 1. The van der Waals surface area contributed by atoms with Crippen molar-refractivity contribution in [3.8, 4) is 11.5 Å². The molecule has 0 aliphatic carbocycles. The summed E-state index contributed by atoms with van der Waals surface area (Å²) in [6.07, 6.45) is -3.08. The lowest BCUT2D eigenvalue weighted by atomic mass is 9.96. The lowest BCUT2D eigenvalue weighted by Gasteiger charge is -2.34. The highest BCUT2D eigenvalue weighted by molar-refractivity contribution is 6.09. The molecule has 1 fully saturated rings. The van der Waals surface area contributed by atoms with Gasteiger partial charge in [0.05, 0.1) is 12.8 Å². The van der Waals surface area contributed by atoms with Crippen LogP contribution >= 0.6 is 0 Å². The largest absolute Gasteiger partial charge is 0.573 e. The van der Waals surface area contributed by atoms with Gasteiger partial charge in [0.15, 0.2) is 5.75 Å². The molecule has 1 aliphatic rings. The fourth-order valence-electron chi connectivity index (χ4n) is 4.18. The van der Waals surface area contributed by atoms with E-state index in [9.17, 15) is 22.8 Å². The van der Waals surface area contributed by atoms with Gasteiger partial charge in [-0.15, -0.1) is 13.2 Å². The van der Waals surface area contributed by atoms with Crippen molar-refractivity contribution in [2.75, 3.05) is 38.2 Å². The summed E-state index contributed by atoms with van der Waals surface area (Å²) < 4.78 is 48.4. The number of hydrogen-bond acceptors (Lipinski definition) is 5. The van der Waals surface area contributed by atoms with Gasteiger partial charge in [0.1, 0.15) is 12.3 Å².